The summed E-state index contributed by atoms with van der Waals surface area (Å²) in [5, 5.41) is 8.31. The lowest BCUT2D eigenvalue weighted by Crippen LogP contribution is -2.24. The Kier molecular flexibility index (Phi) is 7.26. The second-order valence-corrected chi connectivity index (χ2v) is 7.28. The zero-order chi connectivity index (χ0) is 21.6. The highest BCUT2D eigenvalue weighted by molar-refractivity contribution is 5.64. The van der Waals surface area contributed by atoms with Gasteiger partial charge >= 0.3 is 6.18 Å². The maximum absolute atomic E-state index is 12.7. The Bertz CT molecular complexity index is 911. The number of benzene rings is 2. The van der Waals surface area contributed by atoms with E-state index in [1.165, 1.54) is 12.1 Å². The molecular formula is C23H27F3N4. The van der Waals surface area contributed by atoms with Crippen molar-refractivity contribution < 1.29 is 13.2 Å². The SMILES string of the molecule is CCN(CC)CCCc1nncn1Cc1ccc(-c2ccc(C(F)(F)F)cc2)cc1. The highest BCUT2D eigenvalue weighted by Crippen LogP contribution is 2.31. The number of alkyl halides is 3. The molecule has 0 atom stereocenters. The molecular weight excluding hydrogens is 389 g/mol. The molecule has 0 spiro atoms. The number of aryl methyl sites for hydroxylation is 1. The molecule has 0 radical (unpaired) electrons. The summed E-state index contributed by atoms with van der Waals surface area (Å²) in [6.07, 6.45) is -0.659. The van der Waals surface area contributed by atoms with E-state index < -0.39 is 11.7 Å². The van der Waals surface area contributed by atoms with Gasteiger partial charge in [0.1, 0.15) is 12.2 Å². The van der Waals surface area contributed by atoms with Crippen molar-refractivity contribution in [2.75, 3.05) is 19.6 Å². The molecule has 160 valence electrons. The Balaban J connectivity index is 1.62. The van der Waals surface area contributed by atoms with E-state index in [1.807, 2.05) is 24.3 Å². The van der Waals surface area contributed by atoms with E-state index >= 15 is 0 Å². The number of hydrogen-bond acceptors (Lipinski definition) is 3. The highest BCUT2D eigenvalue weighted by atomic mass is 19.4. The van der Waals surface area contributed by atoms with Gasteiger partial charge in [-0.25, -0.2) is 0 Å². The largest absolute Gasteiger partial charge is 0.416 e. The molecule has 0 aliphatic carbocycles. The fourth-order valence-corrected chi connectivity index (χ4v) is 3.46. The molecule has 0 aliphatic rings. The van der Waals surface area contributed by atoms with E-state index in [9.17, 15) is 13.2 Å². The highest BCUT2D eigenvalue weighted by Gasteiger charge is 2.29. The summed E-state index contributed by atoms with van der Waals surface area (Å²) >= 11 is 0. The number of hydrogen-bond donors (Lipinski definition) is 0. The maximum Gasteiger partial charge on any atom is 0.416 e. The Morgan fingerprint density at radius 2 is 1.50 bits per heavy atom. The molecule has 0 aliphatic heterocycles. The lowest BCUT2D eigenvalue weighted by Gasteiger charge is -2.17. The third-order valence-corrected chi connectivity index (χ3v) is 5.32. The number of halogens is 3. The van der Waals surface area contributed by atoms with Crippen molar-refractivity contribution in [3.05, 3.63) is 71.8 Å². The van der Waals surface area contributed by atoms with Crippen LogP contribution in [0, 0.1) is 0 Å². The molecule has 0 fully saturated rings. The van der Waals surface area contributed by atoms with Gasteiger partial charge in [0.15, 0.2) is 0 Å². The molecule has 1 heterocycles. The molecule has 7 heteroatoms. The van der Waals surface area contributed by atoms with Crippen molar-refractivity contribution in [2.45, 2.75) is 39.4 Å². The van der Waals surface area contributed by atoms with E-state index in [2.05, 4.69) is 33.5 Å². The second-order valence-electron chi connectivity index (χ2n) is 7.28. The molecule has 2 aromatic carbocycles. The zero-order valence-electron chi connectivity index (χ0n) is 17.4. The van der Waals surface area contributed by atoms with Gasteiger partial charge in [-0.1, -0.05) is 50.2 Å². The van der Waals surface area contributed by atoms with Crippen molar-refractivity contribution in [2.24, 2.45) is 0 Å². The molecule has 0 unspecified atom stereocenters. The van der Waals surface area contributed by atoms with Crippen molar-refractivity contribution in [1.29, 1.82) is 0 Å². The lowest BCUT2D eigenvalue weighted by atomic mass is 10.0. The minimum absolute atomic E-state index is 0.635. The van der Waals surface area contributed by atoms with Gasteiger partial charge in [0.25, 0.3) is 0 Å². The van der Waals surface area contributed by atoms with Gasteiger partial charge < -0.3 is 9.47 Å². The molecule has 3 aromatic rings. The molecule has 0 N–H and O–H groups in total. The smallest absolute Gasteiger partial charge is 0.313 e. The van der Waals surface area contributed by atoms with Crippen LogP contribution in [-0.4, -0.2) is 39.3 Å². The van der Waals surface area contributed by atoms with Crippen LogP contribution in [0.1, 0.15) is 37.2 Å². The predicted molar refractivity (Wildman–Crippen MR) is 112 cm³/mol. The van der Waals surface area contributed by atoms with Gasteiger partial charge in [-0.05, 0) is 54.9 Å². The van der Waals surface area contributed by atoms with Gasteiger partial charge in [0, 0.05) is 6.42 Å². The van der Waals surface area contributed by atoms with E-state index in [4.69, 9.17) is 0 Å². The Labute approximate surface area is 175 Å². The monoisotopic (exact) mass is 416 g/mol. The Morgan fingerprint density at radius 3 is 2.07 bits per heavy atom. The van der Waals surface area contributed by atoms with Crippen LogP contribution in [0.2, 0.25) is 0 Å². The van der Waals surface area contributed by atoms with Crippen LogP contribution in [0.5, 0.6) is 0 Å². The predicted octanol–water partition coefficient (Wildman–Crippen LogP) is 5.29. The Morgan fingerprint density at radius 1 is 0.900 bits per heavy atom. The van der Waals surface area contributed by atoms with E-state index in [1.54, 1.807) is 6.33 Å². The van der Waals surface area contributed by atoms with Gasteiger partial charge in [0.2, 0.25) is 0 Å². The molecule has 1 aromatic heterocycles. The summed E-state index contributed by atoms with van der Waals surface area (Å²) in [6.45, 7) is 8.15. The molecule has 0 saturated carbocycles. The van der Waals surface area contributed by atoms with Crippen molar-refractivity contribution in [3.8, 4) is 11.1 Å². The third-order valence-electron chi connectivity index (χ3n) is 5.32. The van der Waals surface area contributed by atoms with E-state index in [0.29, 0.717) is 6.54 Å². The van der Waals surface area contributed by atoms with Crippen LogP contribution in [0.15, 0.2) is 54.9 Å². The molecule has 0 saturated heterocycles. The minimum Gasteiger partial charge on any atom is -0.313 e. The van der Waals surface area contributed by atoms with Crippen LogP contribution in [0.3, 0.4) is 0 Å². The fourth-order valence-electron chi connectivity index (χ4n) is 3.46. The molecule has 0 bridgehead atoms. The van der Waals surface area contributed by atoms with Gasteiger partial charge in [-0.15, -0.1) is 10.2 Å². The number of rotatable bonds is 9. The Hall–Kier alpha value is -2.67. The molecule has 3 rings (SSSR count). The maximum atomic E-state index is 12.7. The first-order chi connectivity index (χ1) is 14.4. The molecule has 0 amide bonds. The average molecular weight is 416 g/mol. The minimum atomic E-state index is -4.32. The summed E-state index contributed by atoms with van der Waals surface area (Å²) in [5.41, 5.74) is 2.10. The topological polar surface area (TPSA) is 34.0 Å². The van der Waals surface area contributed by atoms with Crippen molar-refractivity contribution >= 4 is 0 Å². The first kappa shape index (κ1) is 22.0. The number of aromatic nitrogens is 3. The first-order valence-corrected chi connectivity index (χ1v) is 10.3. The van der Waals surface area contributed by atoms with Gasteiger partial charge in [0.05, 0.1) is 12.1 Å². The number of nitrogens with zero attached hydrogens (tertiary/aromatic N) is 4. The van der Waals surface area contributed by atoms with E-state index in [-0.39, 0.29) is 0 Å². The average Bonchev–Trinajstić information content (AvgIpc) is 3.18. The van der Waals surface area contributed by atoms with Crippen molar-refractivity contribution in [1.82, 2.24) is 19.7 Å². The summed E-state index contributed by atoms with van der Waals surface area (Å²) < 4.78 is 40.2. The summed E-state index contributed by atoms with van der Waals surface area (Å²) in [4.78, 5) is 2.39. The van der Waals surface area contributed by atoms with Crippen LogP contribution < -0.4 is 0 Å². The van der Waals surface area contributed by atoms with E-state index in [0.717, 1.165) is 67.1 Å². The first-order valence-electron chi connectivity index (χ1n) is 10.3. The standard InChI is InChI=1S/C23H27F3N4/c1-3-29(4-2)15-5-6-22-28-27-17-30(22)16-18-7-9-19(10-8-18)20-11-13-21(14-12-20)23(24,25)26/h7-14,17H,3-6,15-16H2,1-2H3. The van der Waals surface area contributed by atoms with Crippen LogP contribution >= 0.6 is 0 Å². The quantitative estimate of drug-likeness (QED) is 0.476. The fraction of sp³-hybridized carbons (Fsp3) is 0.391. The van der Waals surface area contributed by atoms with Crippen LogP contribution in [0.25, 0.3) is 11.1 Å². The zero-order valence-corrected chi connectivity index (χ0v) is 17.4. The molecule has 4 nitrogen and oxygen atoms in total. The van der Waals surface area contributed by atoms with Crippen LogP contribution in [-0.2, 0) is 19.1 Å². The summed E-state index contributed by atoms with van der Waals surface area (Å²) in [6, 6.07) is 13.1. The second kappa shape index (κ2) is 9.89. The lowest BCUT2D eigenvalue weighted by molar-refractivity contribution is -0.137. The third kappa shape index (κ3) is 5.69. The normalized spacial score (nSPS) is 11.9. The molecule has 30 heavy (non-hydrogen) atoms. The van der Waals surface area contributed by atoms with Gasteiger partial charge in [-0.3, -0.25) is 0 Å². The summed E-state index contributed by atoms with van der Waals surface area (Å²) in [5.74, 6) is 0.967. The summed E-state index contributed by atoms with van der Waals surface area (Å²) in [7, 11) is 0. The van der Waals surface area contributed by atoms with Crippen LogP contribution in [0.4, 0.5) is 13.2 Å². The van der Waals surface area contributed by atoms with Gasteiger partial charge in [-0.2, -0.15) is 13.2 Å². The van der Waals surface area contributed by atoms with Crippen molar-refractivity contribution in [3.63, 3.8) is 0 Å².